The second-order valence-corrected chi connectivity index (χ2v) is 1.96. The molecule has 52 valence electrons. The molecule has 0 saturated carbocycles. The molecule has 0 aromatic carbocycles. The van der Waals surface area contributed by atoms with E-state index in [4.69, 9.17) is 0 Å². The van der Waals surface area contributed by atoms with Crippen molar-refractivity contribution in [3.63, 3.8) is 0 Å². The van der Waals surface area contributed by atoms with Crippen molar-refractivity contribution >= 4 is 5.97 Å². The van der Waals surface area contributed by atoms with Gasteiger partial charge in [-0.1, -0.05) is 19.4 Å². The first-order valence-electron chi connectivity index (χ1n) is 3.06. The molecule has 0 heterocycles. The second kappa shape index (κ2) is 6.92. The molecule has 0 saturated heterocycles. The van der Waals surface area contributed by atoms with Gasteiger partial charge in [-0.15, -0.1) is 0 Å². The molecule has 0 radical (unpaired) electrons. The van der Waals surface area contributed by atoms with Crippen LogP contribution in [0.2, 0.25) is 0 Å². The fraction of sp³-hybridized carbons (Fsp3) is 0.571. The molecule has 0 aromatic heterocycles. The summed E-state index contributed by atoms with van der Waals surface area (Å²) < 4.78 is 0. The Morgan fingerprint density at radius 1 is 1.60 bits per heavy atom. The zero-order valence-corrected chi connectivity index (χ0v) is 6.81. The van der Waals surface area contributed by atoms with Gasteiger partial charge in [-0.05, 0) is 18.9 Å². The number of carbonyl (C=O) groups excluding carboxylic acids is 1. The molecule has 10 heavy (non-hydrogen) atoms. The summed E-state index contributed by atoms with van der Waals surface area (Å²) in [5.41, 5.74) is 0.330. The summed E-state index contributed by atoms with van der Waals surface area (Å²) in [6, 6.07) is 0. The number of aliphatic carboxylic acids is 1. The summed E-state index contributed by atoms with van der Waals surface area (Å²) in [5, 5.41) is 10.0. The number of carboxylic acid groups (broad SMARTS) is 1. The second-order valence-electron chi connectivity index (χ2n) is 1.96. The Bertz CT molecular complexity index is 130. The van der Waals surface area contributed by atoms with E-state index in [0.29, 0.717) is 5.57 Å². The van der Waals surface area contributed by atoms with Crippen molar-refractivity contribution in [3.8, 4) is 0 Å². The van der Waals surface area contributed by atoms with Crippen LogP contribution < -0.4 is 24.0 Å². The number of unbranched alkanes of at least 4 members (excludes halogenated alkanes) is 1. The van der Waals surface area contributed by atoms with E-state index in [2.05, 4.69) is 0 Å². The molecule has 0 aromatic rings. The monoisotopic (exact) mass is 134 g/mol. The molecule has 0 amide bonds. The summed E-state index contributed by atoms with van der Waals surface area (Å²) >= 11 is 0. The number of hydrogen-bond acceptors (Lipinski definition) is 2. The molecule has 0 aliphatic carbocycles. The first-order valence-corrected chi connectivity index (χ1v) is 3.06. The molecule has 0 unspecified atom stereocenters. The Balaban J connectivity index is 0. The van der Waals surface area contributed by atoms with E-state index in [1.54, 1.807) is 13.0 Å². The Kier molecular flexibility index (Phi) is 8.64. The van der Waals surface area contributed by atoms with Gasteiger partial charge in [0.05, 0.1) is 5.97 Å². The molecule has 0 aliphatic rings. The zero-order chi connectivity index (χ0) is 7.28. The van der Waals surface area contributed by atoms with E-state index >= 15 is 0 Å². The minimum Gasteiger partial charge on any atom is -0.545 e. The molecule has 0 atom stereocenters. The van der Waals surface area contributed by atoms with E-state index in [0.717, 1.165) is 12.8 Å². The number of rotatable bonds is 3. The SMILES string of the molecule is CCCC=C(C)C(=O)[O-].[Li+]. The summed E-state index contributed by atoms with van der Waals surface area (Å²) in [6.07, 6.45) is 3.47. The standard InChI is InChI=1S/C7H12O2.Li/c1-3-4-5-6(2)7(8)9;/h5H,3-4H2,1-2H3,(H,8,9);/q;+1/p-1. The van der Waals surface area contributed by atoms with Gasteiger partial charge in [0.25, 0.3) is 0 Å². The third-order valence-corrected chi connectivity index (χ3v) is 1.06. The smallest absolute Gasteiger partial charge is 0.545 e. The molecule has 0 fully saturated rings. The predicted octanol–water partition coefficient (Wildman–Crippen LogP) is -2.51. The fourth-order valence-corrected chi connectivity index (χ4v) is 0.444. The van der Waals surface area contributed by atoms with Crippen molar-refractivity contribution < 1.29 is 28.8 Å². The minimum atomic E-state index is -1.07. The third kappa shape index (κ3) is 5.94. The van der Waals surface area contributed by atoms with E-state index in [1.807, 2.05) is 6.92 Å². The molecular weight excluding hydrogens is 123 g/mol. The number of carboxylic acids is 1. The van der Waals surface area contributed by atoms with Crippen LogP contribution in [0.5, 0.6) is 0 Å². The van der Waals surface area contributed by atoms with Crippen molar-refractivity contribution in [3.05, 3.63) is 11.6 Å². The number of hydrogen-bond donors (Lipinski definition) is 0. The van der Waals surface area contributed by atoms with Gasteiger partial charge in [0.15, 0.2) is 0 Å². The van der Waals surface area contributed by atoms with E-state index in [-0.39, 0.29) is 18.9 Å². The van der Waals surface area contributed by atoms with Gasteiger partial charge in [-0.3, -0.25) is 0 Å². The molecule has 0 bridgehead atoms. The average Bonchev–Trinajstić information content (AvgIpc) is 1.82. The first kappa shape index (κ1) is 12.5. The van der Waals surface area contributed by atoms with Crippen molar-refractivity contribution in [1.82, 2.24) is 0 Å². The van der Waals surface area contributed by atoms with Gasteiger partial charge < -0.3 is 9.90 Å². The van der Waals surface area contributed by atoms with E-state index in [9.17, 15) is 9.90 Å². The van der Waals surface area contributed by atoms with Gasteiger partial charge >= 0.3 is 18.9 Å². The minimum absolute atomic E-state index is 0. The summed E-state index contributed by atoms with van der Waals surface area (Å²) in [4.78, 5) is 10.0. The normalized spacial score (nSPS) is 10.4. The maximum Gasteiger partial charge on any atom is 1.00 e. The number of allylic oxidation sites excluding steroid dienone is 1. The Hall–Kier alpha value is -0.193. The van der Waals surface area contributed by atoms with Gasteiger partial charge in [0, 0.05) is 0 Å². The van der Waals surface area contributed by atoms with E-state index in [1.165, 1.54) is 0 Å². The van der Waals surface area contributed by atoms with Crippen molar-refractivity contribution in [2.45, 2.75) is 26.7 Å². The van der Waals surface area contributed by atoms with Crippen LogP contribution in [0.4, 0.5) is 0 Å². The van der Waals surface area contributed by atoms with Crippen LogP contribution in [0.15, 0.2) is 11.6 Å². The first-order chi connectivity index (χ1) is 4.18. The fourth-order valence-electron chi connectivity index (χ4n) is 0.444. The Morgan fingerprint density at radius 3 is 2.40 bits per heavy atom. The van der Waals surface area contributed by atoms with Crippen LogP contribution in [0.1, 0.15) is 26.7 Å². The zero-order valence-electron chi connectivity index (χ0n) is 6.81. The molecular formula is C7H11LiO2. The third-order valence-electron chi connectivity index (χ3n) is 1.06. The molecule has 0 N–H and O–H groups in total. The average molecular weight is 134 g/mol. The molecule has 0 rings (SSSR count). The summed E-state index contributed by atoms with van der Waals surface area (Å²) in [5.74, 6) is -1.07. The van der Waals surface area contributed by atoms with Crippen molar-refractivity contribution in [1.29, 1.82) is 0 Å². The molecule has 3 heteroatoms. The van der Waals surface area contributed by atoms with E-state index < -0.39 is 5.97 Å². The van der Waals surface area contributed by atoms with Gasteiger partial charge in [0.1, 0.15) is 0 Å². The topological polar surface area (TPSA) is 40.1 Å². The largest absolute Gasteiger partial charge is 1.00 e. The van der Waals surface area contributed by atoms with Crippen LogP contribution in [0, 0.1) is 0 Å². The van der Waals surface area contributed by atoms with Crippen molar-refractivity contribution in [2.24, 2.45) is 0 Å². The Labute approximate surface area is 73.5 Å². The van der Waals surface area contributed by atoms with Crippen LogP contribution in [0.25, 0.3) is 0 Å². The van der Waals surface area contributed by atoms with Crippen LogP contribution in [0.3, 0.4) is 0 Å². The quantitative estimate of drug-likeness (QED) is 0.316. The maximum absolute atomic E-state index is 10.0. The summed E-state index contributed by atoms with van der Waals surface area (Å²) in [6.45, 7) is 3.55. The molecule has 0 aliphatic heterocycles. The van der Waals surface area contributed by atoms with Gasteiger partial charge in [0.2, 0.25) is 0 Å². The summed E-state index contributed by atoms with van der Waals surface area (Å²) in [7, 11) is 0. The van der Waals surface area contributed by atoms with Crippen LogP contribution in [-0.2, 0) is 4.79 Å². The van der Waals surface area contributed by atoms with Gasteiger partial charge in [-0.2, -0.15) is 0 Å². The van der Waals surface area contributed by atoms with Crippen LogP contribution >= 0.6 is 0 Å². The number of carbonyl (C=O) groups is 1. The van der Waals surface area contributed by atoms with Crippen LogP contribution in [-0.4, -0.2) is 5.97 Å². The molecule has 2 nitrogen and oxygen atoms in total. The Morgan fingerprint density at radius 2 is 2.10 bits per heavy atom. The predicted molar refractivity (Wildman–Crippen MR) is 33.7 cm³/mol. The molecule has 0 spiro atoms. The van der Waals surface area contributed by atoms with Gasteiger partial charge in [-0.25, -0.2) is 0 Å². The van der Waals surface area contributed by atoms with Crippen molar-refractivity contribution in [2.75, 3.05) is 0 Å². The maximum atomic E-state index is 10.0.